The molecule has 1 aliphatic carbocycles. The van der Waals surface area contributed by atoms with Crippen LogP contribution in [0.4, 0.5) is 0 Å². The van der Waals surface area contributed by atoms with Crippen molar-refractivity contribution < 1.29 is 9.59 Å². The van der Waals surface area contributed by atoms with Gasteiger partial charge in [-0.2, -0.15) is 0 Å². The highest BCUT2D eigenvalue weighted by Crippen LogP contribution is 2.11. The molecule has 0 unspecified atom stereocenters. The number of rotatable bonds is 3. The molecule has 1 aliphatic rings. The summed E-state index contributed by atoms with van der Waals surface area (Å²) in [6, 6.07) is 8.93. The van der Waals surface area contributed by atoms with Crippen LogP contribution in [0.1, 0.15) is 29.6 Å². The molecule has 0 aromatic heterocycles. The third-order valence-corrected chi connectivity index (χ3v) is 2.58. The molecule has 0 spiro atoms. The van der Waals surface area contributed by atoms with E-state index in [-0.39, 0.29) is 11.7 Å². The maximum atomic E-state index is 11.7. The lowest BCUT2D eigenvalue weighted by molar-refractivity contribution is -0.115. The number of hydrazine groups is 1. The minimum Gasteiger partial charge on any atom is -0.302 e. The maximum absolute atomic E-state index is 11.7. The van der Waals surface area contributed by atoms with Crippen molar-refractivity contribution in [2.45, 2.75) is 19.3 Å². The summed E-state index contributed by atoms with van der Waals surface area (Å²) in [6.07, 6.45) is 3.77. The molecule has 0 bridgehead atoms. The molecule has 1 aromatic carbocycles. The average molecular weight is 230 g/mol. The van der Waals surface area contributed by atoms with Crippen molar-refractivity contribution in [3.8, 4) is 0 Å². The van der Waals surface area contributed by atoms with Crippen molar-refractivity contribution in [3.05, 3.63) is 47.7 Å². The van der Waals surface area contributed by atoms with Crippen molar-refractivity contribution in [1.29, 1.82) is 0 Å². The van der Waals surface area contributed by atoms with Crippen LogP contribution in [0.25, 0.3) is 0 Å². The average Bonchev–Trinajstić information content (AvgIpc) is 2.37. The molecule has 17 heavy (non-hydrogen) atoms. The summed E-state index contributed by atoms with van der Waals surface area (Å²) in [7, 11) is 0. The van der Waals surface area contributed by atoms with Gasteiger partial charge in [0.1, 0.15) is 0 Å². The van der Waals surface area contributed by atoms with E-state index >= 15 is 0 Å². The first-order valence-electron chi connectivity index (χ1n) is 5.60. The SMILES string of the molecule is O=C1C=C(NNC(=O)c2ccccc2)CCC1. The first kappa shape index (κ1) is 11.4. The number of amides is 1. The van der Waals surface area contributed by atoms with E-state index in [4.69, 9.17) is 0 Å². The van der Waals surface area contributed by atoms with Gasteiger partial charge in [-0.25, -0.2) is 0 Å². The van der Waals surface area contributed by atoms with Gasteiger partial charge in [0.25, 0.3) is 5.91 Å². The molecule has 0 atom stereocenters. The number of carbonyl (C=O) groups excluding carboxylic acids is 2. The van der Waals surface area contributed by atoms with Crippen LogP contribution in [0.2, 0.25) is 0 Å². The summed E-state index contributed by atoms with van der Waals surface area (Å²) in [5.41, 5.74) is 6.73. The zero-order valence-corrected chi connectivity index (χ0v) is 9.40. The molecule has 0 aliphatic heterocycles. The molecular weight excluding hydrogens is 216 g/mol. The smallest absolute Gasteiger partial charge is 0.269 e. The Kier molecular flexibility index (Phi) is 3.55. The number of allylic oxidation sites excluding steroid dienone is 2. The molecule has 4 heteroatoms. The van der Waals surface area contributed by atoms with Gasteiger partial charge in [-0.1, -0.05) is 18.2 Å². The first-order chi connectivity index (χ1) is 8.25. The molecule has 2 rings (SSSR count). The molecule has 2 N–H and O–H groups in total. The molecule has 1 amide bonds. The van der Waals surface area contributed by atoms with Crippen LogP contribution in [0.5, 0.6) is 0 Å². The van der Waals surface area contributed by atoms with E-state index in [1.54, 1.807) is 30.3 Å². The number of ketones is 1. The summed E-state index contributed by atoms with van der Waals surface area (Å²) in [5.74, 6) is -0.0998. The van der Waals surface area contributed by atoms with E-state index in [0.717, 1.165) is 18.5 Å². The fourth-order valence-electron chi connectivity index (χ4n) is 1.69. The Hall–Kier alpha value is -2.10. The minimum atomic E-state index is -0.204. The lowest BCUT2D eigenvalue weighted by Crippen LogP contribution is -2.37. The van der Waals surface area contributed by atoms with Crippen molar-refractivity contribution in [2.75, 3.05) is 0 Å². The monoisotopic (exact) mass is 230 g/mol. The van der Waals surface area contributed by atoms with Crippen LogP contribution in [-0.4, -0.2) is 11.7 Å². The normalized spacial score (nSPS) is 15.1. The summed E-state index contributed by atoms with van der Waals surface area (Å²) in [4.78, 5) is 22.8. The minimum absolute atomic E-state index is 0.104. The third kappa shape index (κ3) is 3.17. The lowest BCUT2D eigenvalue weighted by Gasteiger charge is -2.15. The predicted molar refractivity (Wildman–Crippen MR) is 64.0 cm³/mol. The van der Waals surface area contributed by atoms with Crippen LogP contribution >= 0.6 is 0 Å². The van der Waals surface area contributed by atoms with E-state index in [9.17, 15) is 9.59 Å². The van der Waals surface area contributed by atoms with Crippen molar-refractivity contribution in [2.24, 2.45) is 0 Å². The van der Waals surface area contributed by atoms with E-state index in [1.165, 1.54) is 0 Å². The van der Waals surface area contributed by atoms with Gasteiger partial charge in [0.2, 0.25) is 0 Å². The summed E-state index contributed by atoms with van der Waals surface area (Å²) in [6.45, 7) is 0. The molecule has 0 saturated carbocycles. The number of hydrogen-bond donors (Lipinski definition) is 2. The molecule has 88 valence electrons. The lowest BCUT2D eigenvalue weighted by atomic mass is 10.0. The Morgan fingerprint density at radius 1 is 1.12 bits per heavy atom. The Bertz CT molecular complexity index is 452. The number of nitrogens with one attached hydrogen (secondary N) is 2. The molecule has 4 nitrogen and oxygen atoms in total. The highest BCUT2D eigenvalue weighted by atomic mass is 16.2. The second-order valence-corrected chi connectivity index (χ2v) is 3.93. The fourth-order valence-corrected chi connectivity index (χ4v) is 1.69. The zero-order chi connectivity index (χ0) is 12.1. The van der Waals surface area contributed by atoms with Gasteiger partial charge < -0.3 is 5.43 Å². The van der Waals surface area contributed by atoms with Gasteiger partial charge in [-0.15, -0.1) is 0 Å². The number of carbonyl (C=O) groups is 2. The Morgan fingerprint density at radius 2 is 1.88 bits per heavy atom. The van der Waals surface area contributed by atoms with Gasteiger partial charge in [-0.3, -0.25) is 15.0 Å². The van der Waals surface area contributed by atoms with Gasteiger partial charge in [0, 0.05) is 23.8 Å². The molecule has 0 radical (unpaired) electrons. The maximum Gasteiger partial charge on any atom is 0.269 e. The van der Waals surface area contributed by atoms with Crippen LogP contribution in [0.15, 0.2) is 42.1 Å². The van der Waals surface area contributed by atoms with Crippen LogP contribution in [0, 0.1) is 0 Å². The fraction of sp³-hybridized carbons (Fsp3) is 0.231. The third-order valence-electron chi connectivity index (χ3n) is 2.58. The first-order valence-corrected chi connectivity index (χ1v) is 5.60. The van der Waals surface area contributed by atoms with E-state index in [1.807, 2.05) is 6.07 Å². The highest BCUT2D eigenvalue weighted by molar-refractivity contribution is 5.94. The zero-order valence-electron chi connectivity index (χ0n) is 9.40. The molecule has 0 heterocycles. The molecule has 0 saturated heterocycles. The molecule has 1 aromatic rings. The predicted octanol–water partition coefficient (Wildman–Crippen LogP) is 1.56. The Labute approximate surface area is 99.7 Å². The van der Waals surface area contributed by atoms with Crippen molar-refractivity contribution >= 4 is 11.7 Å². The topological polar surface area (TPSA) is 58.2 Å². The van der Waals surface area contributed by atoms with E-state index in [0.29, 0.717) is 12.0 Å². The second kappa shape index (κ2) is 5.30. The Morgan fingerprint density at radius 3 is 2.59 bits per heavy atom. The quantitative estimate of drug-likeness (QED) is 0.775. The molecular formula is C13H14N2O2. The van der Waals surface area contributed by atoms with Gasteiger partial charge in [0.05, 0.1) is 0 Å². The summed E-state index contributed by atoms with van der Waals surface area (Å²) < 4.78 is 0. The van der Waals surface area contributed by atoms with Crippen molar-refractivity contribution in [3.63, 3.8) is 0 Å². The van der Waals surface area contributed by atoms with Crippen LogP contribution in [-0.2, 0) is 4.79 Å². The van der Waals surface area contributed by atoms with Crippen LogP contribution < -0.4 is 10.9 Å². The van der Waals surface area contributed by atoms with Gasteiger partial charge in [0.15, 0.2) is 5.78 Å². The second-order valence-electron chi connectivity index (χ2n) is 3.93. The number of benzene rings is 1. The summed E-state index contributed by atoms with van der Waals surface area (Å²) >= 11 is 0. The van der Waals surface area contributed by atoms with E-state index in [2.05, 4.69) is 10.9 Å². The van der Waals surface area contributed by atoms with Gasteiger partial charge in [-0.05, 0) is 25.0 Å². The van der Waals surface area contributed by atoms with Crippen LogP contribution in [0.3, 0.4) is 0 Å². The Balaban J connectivity index is 1.91. The van der Waals surface area contributed by atoms with Crippen molar-refractivity contribution in [1.82, 2.24) is 10.9 Å². The molecule has 0 fully saturated rings. The summed E-state index contributed by atoms with van der Waals surface area (Å²) in [5, 5.41) is 0. The van der Waals surface area contributed by atoms with Gasteiger partial charge >= 0.3 is 0 Å². The standard InChI is InChI=1S/C13H14N2O2/c16-12-8-4-7-11(9-12)14-15-13(17)10-5-2-1-3-6-10/h1-3,5-6,9,14H,4,7-8H2,(H,15,17). The number of hydrogen-bond acceptors (Lipinski definition) is 3. The largest absolute Gasteiger partial charge is 0.302 e. The highest BCUT2D eigenvalue weighted by Gasteiger charge is 2.10. The van der Waals surface area contributed by atoms with E-state index < -0.39 is 0 Å².